The third-order valence-electron chi connectivity index (χ3n) is 3.96. The number of rotatable bonds is 6. The summed E-state index contributed by atoms with van der Waals surface area (Å²) in [6.07, 6.45) is 1.54. The summed E-state index contributed by atoms with van der Waals surface area (Å²) in [6.45, 7) is 2.27. The number of hydrogen-bond donors (Lipinski definition) is 2. The van der Waals surface area contributed by atoms with E-state index < -0.39 is 0 Å². The molecule has 3 rings (SSSR count). The summed E-state index contributed by atoms with van der Waals surface area (Å²) in [6, 6.07) is 14.6. The van der Waals surface area contributed by atoms with Crippen molar-refractivity contribution in [2.75, 3.05) is 12.4 Å². The number of aromatic nitrogens is 2. The third-order valence-corrected chi connectivity index (χ3v) is 4.19. The minimum absolute atomic E-state index is 0.272. The molecule has 0 atom stereocenters. The Balaban J connectivity index is 1.70. The Labute approximate surface area is 162 Å². The number of hydrogen-bond acceptors (Lipinski definition) is 5. The Morgan fingerprint density at radius 3 is 2.78 bits per heavy atom. The van der Waals surface area contributed by atoms with Gasteiger partial charge in [-0.15, -0.1) is 0 Å². The molecule has 0 saturated heterocycles. The second-order valence-corrected chi connectivity index (χ2v) is 6.28. The molecule has 0 aliphatic heterocycles. The van der Waals surface area contributed by atoms with Crippen LogP contribution in [0.25, 0.3) is 0 Å². The molecule has 0 saturated carbocycles. The number of benzene rings is 2. The van der Waals surface area contributed by atoms with Gasteiger partial charge in [0.2, 0.25) is 5.95 Å². The van der Waals surface area contributed by atoms with Crippen LogP contribution in [0.15, 0.2) is 54.7 Å². The van der Waals surface area contributed by atoms with Crippen LogP contribution in [0.2, 0.25) is 5.02 Å². The zero-order chi connectivity index (χ0) is 19.2. The Bertz CT molecular complexity index is 962. The maximum Gasteiger partial charge on any atom is 0.270 e. The van der Waals surface area contributed by atoms with E-state index in [0.29, 0.717) is 17.5 Å². The lowest BCUT2D eigenvalue weighted by molar-refractivity contribution is 0.0945. The van der Waals surface area contributed by atoms with Crippen molar-refractivity contribution in [2.24, 2.45) is 0 Å². The predicted molar refractivity (Wildman–Crippen MR) is 106 cm³/mol. The molecule has 1 aromatic heterocycles. The number of methoxy groups -OCH3 is 1. The van der Waals surface area contributed by atoms with Crippen molar-refractivity contribution in [1.29, 1.82) is 0 Å². The van der Waals surface area contributed by atoms with Crippen LogP contribution >= 0.6 is 11.6 Å². The molecular formula is C20H19ClN4O2. The van der Waals surface area contributed by atoms with Gasteiger partial charge in [0.05, 0.1) is 7.11 Å². The highest BCUT2D eigenvalue weighted by molar-refractivity contribution is 6.30. The van der Waals surface area contributed by atoms with Gasteiger partial charge in [0, 0.05) is 29.0 Å². The summed E-state index contributed by atoms with van der Waals surface area (Å²) in [7, 11) is 1.60. The first-order valence-electron chi connectivity index (χ1n) is 8.33. The lowest BCUT2D eigenvalue weighted by atomic mass is 10.2. The number of aryl methyl sites for hydroxylation is 1. The van der Waals surface area contributed by atoms with Crippen LogP contribution in [0.4, 0.5) is 11.6 Å². The average molecular weight is 383 g/mol. The standard InChI is InChI=1S/C20H19ClN4O2/c1-13-11-15(21)7-8-16(13)24-20-22-10-9-17(25-20)19(26)23-12-14-5-3-4-6-18(14)27-2/h3-11H,12H2,1-2H3,(H,23,26)(H,22,24,25). The number of amides is 1. The molecule has 0 radical (unpaired) electrons. The average Bonchev–Trinajstić information content (AvgIpc) is 2.68. The van der Waals surface area contributed by atoms with Gasteiger partial charge in [0.25, 0.3) is 5.91 Å². The molecule has 0 aliphatic rings. The number of carbonyl (C=O) groups excluding carboxylic acids is 1. The van der Waals surface area contributed by atoms with Crippen LogP contribution in [0.5, 0.6) is 5.75 Å². The molecule has 2 N–H and O–H groups in total. The summed E-state index contributed by atoms with van der Waals surface area (Å²) in [5.41, 5.74) is 2.94. The highest BCUT2D eigenvalue weighted by Gasteiger charge is 2.11. The van der Waals surface area contributed by atoms with E-state index in [4.69, 9.17) is 16.3 Å². The lowest BCUT2D eigenvalue weighted by Crippen LogP contribution is -2.24. The van der Waals surface area contributed by atoms with E-state index >= 15 is 0 Å². The van der Waals surface area contributed by atoms with Crippen LogP contribution < -0.4 is 15.4 Å². The molecular weight excluding hydrogens is 364 g/mol. The summed E-state index contributed by atoms with van der Waals surface area (Å²) in [4.78, 5) is 20.9. The molecule has 0 aliphatic carbocycles. The first-order chi connectivity index (χ1) is 13.1. The monoisotopic (exact) mass is 382 g/mol. The quantitative estimate of drug-likeness (QED) is 0.670. The van der Waals surface area contributed by atoms with E-state index in [1.165, 1.54) is 0 Å². The molecule has 2 aromatic carbocycles. The Kier molecular flexibility index (Phi) is 5.88. The molecule has 138 valence electrons. The van der Waals surface area contributed by atoms with Crippen LogP contribution in [-0.4, -0.2) is 23.0 Å². The van der Waals surface area contributed by atoms with E-state index in [9.17, 15) is 4.79 Å². The van der Waals surface area contributed by atoms with Crippen LogP contribution in [-0.2, 0) is 6.54 Å². The summed E-state index contributed by atoms with van der Waals surface area (Å²) < 4.78 is 5.29. The van der Waals surface area contributed by atoms with Crippen LogP contribution in [0.3, 0.4) is 0 Å². The number of halogens is 1. The Hall–Kier alpha value is -3.12. The second kappa shape index (κ2) is 8.51. The van der Waals surface area contributed by atoms with Gasteiger partial charge in [-0.3, -0.25) is 4.79 Å². The number of carbonyl (C=O) groups is 1. The zero-order valence-electron chi connectivity index (χ0n) is 15.0. The van der Waals surface area contributed by atoms with Crippen molar-refractivity contribution >= 4 is 29.1 Å². The van der Waals surface area contributed by atoms with Gasteiger partial charge in [0.1, 0.15) is 11.4 Å². The number of anilines is 2. The molecule has 0 spiro atoms. The minimum Gasteiger partial charge on any atom is -0.496 e. The molecule has 1 heterocycles. The van der Waals surface area contributed by atoms with Gasteiger partial charge in [-0.05, 0) is 42.8 Å². The smallest absolute Gasteiger partial charge is 0.270 e. The van der Waals surface area contributed by atoms with Crippen molar-refractivity contribution in [2.45, 2.75) is 13.5 Å². The minimum atomic E-state index is -0.292. The van der Waals surface area contributed by atoms with E-state index in [2.05, 4.69) is 20.6 Å². The van der Waals surface area contributed by atoms with E-state index in [1.807, 2.05) is 43.3 Å². The first kappa shape index (κ1) is 18.7. The lowest BCUT2D eigenvalue weighted by Gasteiger charge is -2.11. The Morgan fingerprint density at radius 1 is 1.19 bits per heavy atom. The van der Waals surface area contributed by atoms with E-state index in [0.717, 1.165) is 22.6 Å². The topological polar surface area (TPSA) is 76.1 Å². The van der Waals surface area contributed by atoms with Gasteiger partial charge in [-0.2, -0.15) is 0 Å². The largest absolute Gasteiger partial charge is 0.496 e. The van der Waals surface area contributed by atoms with Crippen LogP contribution in [0.1, 0.15) is 21.6 Å². The zero-order valence-corrected chi connectivity index (χ0v) is 15.7. The SMILES string of the molecule is COc1ccccc1CNC(=O)c1ccnc(Nc2ccc(Cl)cc2C)n1. The number of nitrogens with one attached hydrogen (secondary N) is 2. The highest BCUT2D eigenvalue weighted by atomic mass is 35.5. The summed E-state index contributed by atoms with van der Waals surface area (Å²) in [5, 5.41) is 6.61. The highest BCUT2D eigenvalue weighted by Crippen LogP contribution is 2.22. The predicted octanol–water partition coefficient (Wildman–Crippen LogP) is 4.12. The fourth-order valence-corrected chi connectivity index (χ4v) is 2.77. The first-order valence-corrected chi connectivity index (χ1v) is 8.71. The maximum absolute atomic E-state index is 12.4. The van der Waals surface area contributed by atoms with Gasteiger partial charge in [-0.25, -0.2) is 9.97 Å². The fraction of sp³-hybridized carbons (Fsp3) is 0.150. The molecule has 0 bridgehead atoms. The molecule has 0 fully saturated rings. The van der Waals surface area contributed by atoms with Crippen molar-refractivity contribution in [3.8, 4) is 5.75 Å². The third kappa shape index (κ3) is 4.74. The molecule has 0 unspecified atom stereocenters. The van der Waals surface area contributed by atoms with Gasteiger partial charge >= 0.3 is 0 Å². The molecule has 7 heteroatoms. The number of nitrogens with zero attached hydrogens (tertiary/aromatic N) is 2. The summed E-state index contributed by atoms with van der Waals surface area (Å²) >= 11 is 5.97. The van der Waals surface area contributed by atoms with Gasteiger partial charge in [-0.1, -0.05) is 29.8 Å². The van der Waals surface area contributed by atoms with Crippen molar-refractivity contribution in [3.63, 3.8) is 0 Å². The van der Waals surface area contributed by atoms with E-state index in [1.54, 1.807) is 25.4 Å². The number of para-hydroxylation sites is 1. The summed E-state index contributed by atoms with van der Waals surface area (Å²) in [5.74, 6) is 0.769. The second-order valence-electron chi connectivity index (χ2n) is 5.84. The van der Waals surface area contributed by atoms with Crippen molar-refractivity contribution in [3.05, 3.63) is 76.6 Å². The van der Waals surface area contributed by atoms with E-state index in [-0.39, 0.29) is 11.6 Å². The molecule has 3 aromatic rings. The molecule has 6 nitrogen and oxygen atoms in total. The molecule has 27 heavy (non-hydrogen) atoms. The van der Waals surface area contributed by atoms with Crippen molar-refractivity contribution < 1.29 is 9.53 Å². The van der Waals surface area contributed by atoms with Crippen molar-refractivity contribution in [1.82, 2.24) is 15.3 Å². The number of ether oxygens (including phenoxy) is 1. The molecule has 1 amide bonds. The van der Waals surface area contributed by atoms with Gasteiger partial charge < -0.3 is 15.4 Å². The van der Waals surface area contributed by atoms with Crippen LogP contribution in [0, 0.1) is 6.92 Å². The Morgan fingerprint density at radius 2 is 2.00 bits per heavy atom. The van der Waals surface area contributed by atoms with Gasteiger partial charge in [0.15, 0.2) is 0 Å². The normalized spacial score (nSPS) is 10.3. The fourth-order valence-electron chi connectivity index (χ4n) is 2.55. The maximum atomic E-state index is 12.4.